The molecule has 0 fully saturated rings. The van der Waals surface area contributed by atoms with Crippen molar-refractivity contribution in [3.05, 3.63) is 94.8 Å². The van der Waals surface area contributed by atoms with Gasteiger partial charge in [-0.2, -0.15) is 0 Å². The first kappa shape index (κ1) is 20.2. The van der Waals surface area contributed by atoms with Crippen LogP contribution in [-0.2, 0) is 16.6 Å². The number of fused-ring (bicyclic) bond motifs is 2. The molecular formula is C24H22FNO3S. The van der Waals surface area contributed by atoms with Gasteiger partial charge in [-0.25, -0.2) is 12.8 Å². The SMILES string of the molecule is CCC(=C1c2ccccc2COc2cc(F)ccc21)c1cccc(NS(C)(=O)=O)c1. The topological polar surface area (TPSA) is 55.4 Å². The minimum atomic E-state index is -3.39. The van der Waals surface area contributed by atoms with Gasteiger partial charge in [0.25, 0.3) is 0 Å². The number of anilines is 1. The standard InChI is InChI=1S/C24H22FNO3S/c1-3-20(16-8-6-9-19(13-16)26-30(2,27)28)24-21-10-5-4-7-17(21)15-29-23-14-18(25)11-12-22(23)24/h4-14,26H,3,15H2,1-2H3. The highest BCUT2D eigenvalue weighted by Crippen LogP contribution is 2.42. The second kappa shape index (κ2) is 7.95. The molecule has 3 aromatic rings. The third kappa shape index (κ3) is 4.09. The Morgan fingerprint density at radius 2 is 1.83 bits per heavy atom. The van der Waals surface area contributed by atoms with Gasteiger partial charge in [-0.05, 0) is 58.5 Å². The van der Waals surface area contributed by atoms with Crippen LogP contribution in [0.2, 0.25) is 0 Å². The number of rotatable bonds is 4. The molecule has 0 saturated carbocycles. The van der Waals surface area contributed by atoms with Gasteiger partial charge < -0.3 is 4.74 Å². The molecular weight excluding hydrogens is 401 g/mol. The van der Waals surface area contributed by atoms with Gasteiger partial charge in [0, 0.05) is 17.3 Å². The van der Waals surface area contributed by atoms with Gasteiger partial charge in [0.2, 0.25) is 10.0 Å². The monoisotopic (exact) mass is 423 g/mol. The number of halogens is 1. The van der Waals surface area contributed by atoms with Gasteiger partial charge in [-0.15, -0.1) is 0 Å². The summed E-state index contributed by atoms with van der Waals surface area (Å²) in [5, 5.41) is 0. The van der Waals surface area contributed by atoms with E-state index in [9.17, 15) is 12.8 Å². The van der Waals surface area contributed by atoms with Gasteiger partial charge in [-0.3, -0.25) is 4.72 Å². The third-order valence-electron chi connectivity index (χ3n) is 5.05. The Hall–Kier alpha value is -3.12. The number of hydrogen-bond acceptors (Lipinski definition) is 3. The molecule has 154 valence electrons. The predicted molar refractivity (Wildman–Crippen MR) is 118 cm³/mol. The number of sulfonamides is 1. The van der Waals surface area contributed by atoms with E-state index in [4.69, 9.17) is 4.74 Å². The molecule has 0 aliphatic carbocycles. The van der Waals surface area contributed by atoms with Crippen molar-refractivity contribution in [2.45, 2.75) is 20.0 Å². The van der Waals surface area contributed by atoms with E-state index in [1.165, 1.54) is 12.1 Å². The number of allylic oxidation sites excluding steroid dienone is 1. The Morgan fingerprint density at radius 1 is 1.03 bits per heavy atom. The van der Waals surface area contributed by atoms with Crippen molar-refractivity contribution < 1.29 is 17.5 Å². The summed E-state index contributed by atoms with van der Waals surface area (Å²) in [6.45, 7) is 2.40. The van der Waals surface area contributed by atoms with Crippen molar-refractivity contribution in [2.75, 3.05) is 11.0 Å². The zero-order valence-corrected chi connectivity index (χ0v) is 17.6. The van der Waals surface area contributed by atoms with Gasteiger partial charge >= 0.3 is 0 Å². The lowest BCUT2D eigenvalue weighted by atomic mass is 9.86. The van der Waals surface area contributed by atoms with Gasteiger partial charge in [0.05, 0.1) is 6.26 Å². The Labute approximate surface area is 176 Å². The number of nitrogens with one attached hydrogen (secondary N) is 1. The van der Waals surface area contributed by atoms with E-state index >= 15 is 0 Å². The van der Waals surface area contributed by atoms with Gasteiger partial charge in [0.1, 0.15) is 18.2 Å². The van der Waals surface area contributed by atoms with Crippen molar-refractivity contribution in [3.63, 3.8) is 0 Å². The van der Waals surface area contributed by atoms with Crippen molar-refractivity contribution in [1.82, 2.24) is 0 Å². The summed E-state index contributed by atoms with van der Waals surface area (Å²) in [7, 11) is -3.39. The van der Waals surface area contributed by atoms with Crippen LogP contribution in [0.1, 0.15) is 35.6 Å². The highest BCUT2D eigenvalue weighted by atomic mass is 32.2. The largest absolute Gasteiger partial charge is 0.488 e. The van der Waals surface area contributed by atoms with Crippen LogP contribution in [0.4, 0.5) is 10.1 Å². The molecule has 4 rings (SSSR count). The van der Waals surface area contributed by atoms with Crippen molar-refractivity contribution in [1.29, 1.82) is 0 Å². The van der Waals surface area contributed by atoms with E-state index in [0.29, 0.717) is 24.5 Å². The van der Waals surface area contributed by atoms with E-state index in [0.717, 1.165) is 39.7 Å². The van der Waals surface area contributed by atoms with Gasteiger partial charge in [-0.1, -0.05) is 43.3 Å². The van der Waals surface area contributed by atoms with Crippen LogP contribution >= 0.6 is 0 Å². The highest BCUT2D eigenvalue weighted by molar-refractivity contribution is 7.92. The Kier molecular flexibility index (Phi) is 5.35. The van der Waals surface area contributed by atoms with Crippen molar-refractivity contribution >= 4 is 26.9 Å². The summed E-state index contributed by atoms with van der Waals surface area (Å²) in [4.78, 5) is 0. The van der Waals surface area contributed by atoms with E-state index in [1.54, 1.807) is 12.1 Å². The normalized spacial score (nSPS) is 14.8. The minimum absolute atomic E-state index is 0.350. The van der Waals surface area contributed by atoms with Crippen LogP contribution in [0.3, 0.4) is 0 Å². The fraction of sp³-hybridized carbons (Fsp3) is 0.167. The summed E-state index contributed by atoms with van der Waals surface area (Å²) in [5.74, 6) is 0.147. The second-order valence-corrected chi connectivity index (χ2v) is 9.00. The smallest absolute Gasteiger partial charge is 0.229 e. The van der Waals surface area contributed by atoms with E-state index in [-0.39, 0.29) is 5.82 Å². The molecule has 0 bridgehead atoms. The Balaban J connectivity index is 1.99. The fourth-order valence-corrected chi connectivity index (χ4v) is 4.40. The molecule has 0 atom stereocenters. The molecule has 3 aromatic carbocycles. The number of ether oxygens (including phenoxy) is 1. The maximum absolute atomic E-state index is 13.9. The summed E-state index contributed by atoms with van der Waals surface area (Å²) in [5.41, 5.74) is 6.25. The average Bonchev–Trinajstić information content (AvgIpc) is 2.85. The lowest BCUT2D eigenvalue weighted by Crippen LogP contribution is -2.09. The lowest BCUT2D eigenvalue weighted by molar-refractivity contribution is 0.305. The van der Waals surface area contributed by atoms with Crippen LogP contribution in [0.15, 0.2) is 66.7 Å². The molecule has 0 saturated heterocycles. The zero-order valence-electron chi connectivity index (χ0n) is 16.8. The maximum Gasteiger partial charge on any atom is 0.229 e. The van der Waals surface area contributed by atoms with E-state index in [1.807, 2.05) is 42.5 Å². The minimum Gasteiger partial charge on any atom is -0.488 e. The molecule has 0 amide bonds. The first-order chi connectivity index (χ1) is 14.4. The summed E-state index contributed by atoms with van der Waals surface area (Å²) < 4.78 is 45.8. The van der Waals surface area contributed by atoms with Gasteiger partial charge in [0.15, 0.2) is 0 Å². The third-order valence-corrected chi connectivity index (χ3v) is 5.66. The van der Waals surface area contributed by atoms with Crippen LogP contribution in [0.25, 0.3) is 11.1 Å². The fourth-order valence-electron chi connectivity index (χ4n) is 3.85. The molecule has 1 N–H and O–H groups in total. The molecule has 0 aromatic heterocycles. The predicted octanol–water partition coefficient (Wildman–Crippen LogP) is 5.46. The van der Waals surface area contributed by atoms with Crippen LogP contribution in [0, 0.1) is 5.82 Å². The quantitative estimate of drug-likeness (QED) is 0.606. The van der Waals surface area contributed by atoms with Crippen LogP contribution in [-0.4, -0.2) is 14.7 Å². The van der Waals surface area contributed by atoms with Crippen molar-refractivity contribution in [2.24, 2.45) is 0 Å². The molecule has 1 heterocycles. The molecule has 6 heteroatoms. The average molecular weight is 424 g/mol. The number of hydrogen-bond donors (Lipinski definition) is 1. The summed E-state index contributed by atoms with van der Waals surface area (Å²) in [6, 6.07) is 19.9. The molecule has 0 spiro atoms. The first-order valence-electron chi connectivity index (χ1n) is 9.68. The second-order valence-electron chi connectivity index (χ2n) is 7.25. The summed E-state index contributed by atoms with van der Waals surface area (Å²) >= 11 is 0. The summed E-state index contributed by atoms with van der Waals surface area (Å²) in [6.07, 6.45) is 1.82. The molecule has 30 heavy (non-hydrogen) atoms. The van der Waals surface area contributed by atoms with Crippen LogP contribution in [0.5, 0.6) is 5.75 Å². The number of benzene rings is 3. The first-order valence-corrected chi connectivity index (χ1v) is 11.6. The van der Waals surface area contributed by atoms with E-state index in [2.05, 4.69) is 11.6 Å². The highest BCUT2D eigenvalue weighted by Gasteiger charge is 2.23. The maximum atomic E-state index is 13.9. The molecule has 0 radical (unpaired) electrons. The lowest BCUT2D eigenvalue weighted by Gasteiger charge is -2.18. The molecule has 4 nitrogen and oxygen atoms in total. The molecule has 1 aliphatic heterocycles. The zero-order chi connectivity index (χ0) is 21.3. The van der Waals surface area contributed by atoms with E-state index < -0.39 is 10.0 Å². The molecule has 1 aliphatic rings. The molecule has 0 unspecified atom stereocenters. The van der Waals surface area contributed by atoms with Crippen molar-refractivity contribution in [3.8, 4) is 5.75 Å². The Morgan fingerprint density at radius 3 is 2.60 bits per heavy atom. The van der Waals surface area contributed by atoms with Crippen LogP contribution < -0.4 is 9.46 Å². The Bertz CT molecular complexity index is 1250.